The van der Waals surface area contributed by atoms with Crippen LogP contribution in [0.5, 0.6) is 0 Å². The van der Waals surface area contributed by atoms with Crippen LogP contribution >= 0.6 is 0 Å². The largest absolute Gasteiger partial charge is 0.509 e. The Bertz CT molecular complexity index is 166. The molecule has 0 saturated heterocycles. The molecule has 0 aromatic carbocycles. The Morgan fingerprint density at radius 1 is 1.30 bits per heavy atom. The first-order chi connectivity index (χ1) is 4.46. The molecule has 0 radical (unpaired) electrons. The van der Waals surface area contributed by atoms with Crippen LogP contribution in [0.3, 0.4) is 0 Å². The van der Waals surface area contributed by atoms with Gasteiger partial charge in [0.1, 0.15) is 5.76 Å². The molecule has 10 heavy (non-hydrogen) atoms. The molecular formula is C7H12O3. The lowest BCUT2D eigenvalue weighted by molar-refractivity contribution is -0.124. The van der Waals surface area contributed by atoms with Crippen molar-refractivity contribution in [1.82, 2.24) is 0 Å². The summed E-state index contributed by atoms with van der Waals surface area (Å²) in [6.07, 6.45) is -1.34. The van der Waals surface area contributed by atoms with Crippen LogP contribution in [0.1, 0.15) is 20.8 Å². The molecule has 0 aliphatic rings. The lowest BCUT2D eigenvalue weighted by atomic mass is 10.1. The van der Waals surface area contributed by atoms with Crippen LogP contribution in [0, 0.1) is 0 Å². The van der Waals surface area contributed by atoms with E-state index in [1.54, 1.807) is 13.8 Å². The van der Waals surface area contributed by atoms with Gasteiger partial charge in [0.2, 0.25) is 0 Å². The zero-order chi connectivity index (χ0) is 8.31. The maximum Gasteiger partial charge on any atom is 0.168 e. The standard InChI is InChI=1S/C7H12O3/c1-4(2)6(9)7(10)5(3)8/h7,9-10H,1-3H3. The van der Waals surface area contributed by atoms with Gasteiger partial charge >= 0.3 is 0 Å². The zero-order valence-electron chi connectivity index (χ0n) is 6.38. The van der Waals surface area contributed by atoms with Gasteiger partial charge in [-0.15, -0.1) is 0 Å². The summed E-state index contributed by atoms with van der Waals surface area (Å²) in [4.78, 5) is 10.4. The summed E-state index contributed by atoms with van der Waals surface area (Å²) in [6.45, 7) is 4.48. The molecule has 0 bridgehead atoms. The smallest absolute Gasteiger partial charge is 0.168 e. The van der Waals surface area contributed by atoms with Crippen LogP contribution in [0.25, 0.3) is 0 Å². The monoisotopic (exact) mass is 144 g/mol. The van der Waals surface area contributed by atoms with E-state index in [4.69, 9.17) is 10.2 Å². The van der Waals surface area contributed by atoms with Crippen molar-refractivity contribution < 1.29 is 15.0 Å². The fourth-order valence-corrected chi connectivity index (χ4v) is 0.466. The van der Waals surface area contributed by atoms with Crippen molar-refractivity contribution in [2.24, 2.45) is 0 Å². The fraction of sp³-hybridized carbons (Fsp3) is 0.571. The minimum Gasteiger partial charge on any atom is -0.509 e. The Morgan fingerprint density at radius 2 is 1.70 bits per heavy atom. The van der Waals surface area contributed by atoms with Crippen LogP contribution in [-0.2, 0) is 4.79 Å². The van der Waals surface area contributed by atoms with E-state index < -0.39 is 11.9 Å². The van der Waals surface area contributed by atoms with Gasteiger partial charge in [0.15, 0.2) is 11.9 Å². The molecule has 0 spiro atoms. The number of carbonyl (C=O) groups excluding carboxylic acids is 1. The second-order valence-electron chi connectivity index (χ2n) is 2.40. The Labute approximate surface area is 60.0 Å². The number of carbonyl (C=O) groups is 1. The Kier molecular flexibility index (Phi) is 3.09. The summed E-state index contributed by atoms with van der Waals surface area (Å²) in [6, 6.07) is 0. The molecular weight excluding hydrogens is 132 g/mol. The van der Waals surface area contributed by atoms with E-state index in [1.807, 2.05) is 0 Å². The van der Waals surface area contributed by atoms with Gasteiger partial charge in [0.25, 0.3) is 0 Å². The number of aliphatic hydroxyl groups is 2. The molecule has 0 aliphatic heterocycles. The van der Waals surface area contributed by atoms with Gasteiger partial charge in [-0.2, -0.15) is 0 Å². The summed E-state index contributed by atoms with van der Waals surface area (Å²) in [5.41, 5.74) is 0.558. The molecule has 1 unspecified atom stereocenters. The van der Waals surface area contributed by atoms with Crippen LogP contribution in [0.15, 0.2) is 11.3 Å². The number of hydrogen-bond donors (Lipinski definition) is 2. The van der Waals surface area contributed by atoms with Gasteiger partial charge in [-0.05, 0) is 26.3 Å². The predicted molar refractivity (Wildman–Crippen MR) is 37.7 cm³/mol. The molecule has 2 N–H and O–H groups in total. The predicted octanol–water partition coefficient (Wildman–Crippen LogP) is 0.788. The number of aliphatic hydroxyl groups excluding tert-OH is 2. The van der Waals surface area contributed by atoms with Gasteiger partial charge < -0.3 is 10.2 Å². The SMILES string of the molecule is CC(=O)C(O)C(O)=C(C)C. The fourth-order valence-electron chi connectivity index (χ4n) is 0.466. The van der Waals surface area contributed by atoms with Crippen molar-refractivity contribution in [3.8, 4) is 0 Å². The van der Waals surface area contributed by atoms with E-state index in [9.17, 15) is 4.79 Å². The van der Waals surface area contributed by atoms with Gasteiger partial charge in [-0.25, -0.2) is 0 Å². The molecule has 0 saturated carbocycles. The summed E-state index contributed by atoms with van der Waals surface area (Å²) < 4.78 is 0. The van der Waals surface area contributed by atoms with E-state index in [0.29, 0.717) is 5.57 Å². The van der Waals surface area contributed by atoms with Crippen molar-refractivity contribution in [2.75, 3.05) is 0 Å². The minimum atomic E-state index is -1.34. The molecule has 0 amide bonds. The van der Waals surface area contributed by atoms with Crippen molar-refractivity contribution >= 4 is 5.78 Å². The van der Waals surface area contributed by atoms with Crippen LogP contribution < -0.4 is 0 Å². The lowest BCUT2D eigenvalue weighted by Gasteiger charge is -2.06. The number of hydrogen-bond acceptors (Lipinski definition) is 3. The molecule has 0 aromatic heterocycles. The molecule has 3 nitrogen and oxygen atoms in total. The summed E-state index contributed by atoms with van der Waals surface area (Å²) in [5.74, 6) is -0.689. The van der Waals surface area contributed by atoms with Crippen molar-refractivity contribution in [2.45, 2.75) is 26.9 Å². The number of Topliss-reactive ketones (excluding diaryl/α,β-unsaturated/α-hetero) is 1. The van der Waals surface area contributed by atoms with Crippen LogP contribution in [0.4, 0.5) is 0 Å². The third kappa shape index (κ3) is 2.19. The van der Waals surface area contributed by atoms with Crippen molar-refractivity contribution in [3.05, 3.63) is 11.3 Å². The molecule has 1 atom stereocenters. The molecule has 0 rings (SSSR count). The zero-order valence-corrected chi connectivity index (χ0v) is 6.38. The maximum atomic E-state index is 10.4. The molecule has 0 fully saturated rings. The summed E-state index contributed by atoms with van der Waals surface area (Å²) in [5, 5.41) is 17.9. The number of rotatable bonds is 2. The third-order valence-corrected chi connectivity index (χ3v) is 1.16. The molecule has 0 aromatic rings. The third-order valence-electron chi connectivity index (χ3n) is 1.16. The molecule has 0 aliphatic carbocycles. The van der Waals surface area contributed by atoms with E-state index in [1.165, 1.54) is 6.92 Å². The maximum absolute atomic E-state index is 10.4. The highest BCUT2D eigenvalue weighted by molar-refractivity contribution is 5.82. The normalized spacial score (nSPS) is 12.4. The van der Waals surface area contributed by atoms with E-state index in [-0.39, 0.29) is 5.76 Å². The first kappa shape index (κ1) is 9.17. The highest BCUT2D eigenvalue weighted by atomic mass is 16.3. The second-order valence-corrected chi connectivity index (χ2v) is 2.40. The lowest BCUT2D eigenvalue weighted by Crippen LogP contribution is -2.20. The van der Waals surface area contributed by atoms with E-state index >= 15 is 0 Å². The topological polar surface area (TPSA) is 57.5 Å². The number of ketones is 1. The highest BCUT2D eigenvalue weighted by Crippen LogP contribution is 2.04. The Hall–Kier alpha value is -0.830. The highest BCUT2D eigenvalue weighted by Gasteiger charge is 2.14. The van der Waals surface area contributed by atoms with E-state index in [0.717, 1.165) is 0 Å². The molecule has 3 heteroatoms. The van der Waals surface area contributed by atoms with Crippen molar-refractivity contribution in [1.29, 1.82) is 0 Å². The van der Waals surface area contributed by atoms with Crippen molar-refractivity contribution in [3.63, 3.8) is 0 Å². The van der Waals surface area contributed by atoms with Gasteiger partial charge in [0.05, 0.1) is 0 Å². The Morgan fingerprint density at radius 3 is 1.80 bits per heavy atom. The quantitative estimate of drug-likeness (QED) is 0.563. The van der Waals surface area contributed by atoms with Crippen LogP contribution in [-0.4, -0.2) is 22.1 Å². The molecule has 0 heterocycles. The molecule has 58 valence electrons. The first-order valence-corrected chi connectivity index (χ1v) is 3.01. The van der Waals surface area contributed by atoms with Gasteiger partial charge in [-0.1, -0.05) is 0 Å². The number of allylic oxidation sites excluding steroid dienone is 1. The summed E-state index contributed by atoms with van der Waals surface area (Å²) in [7, 11) is 0. The summed E-state index contributed by atoms with van der Waals surface area (Å²) >= 11 is 0. The van der Waals surface area contributed by atoms with Crippen LogP contribution in [0.2, 0.25) is 0 Å². The van der Waals surface area contributed by atoms with Gasteiger partial charge in [-0.3, -0.25) is 4.79 Å². The first-order valence-electron chi connectivity index (χ1n) is 3.01. The average Bonchev–Trinajstić information content (AvgIpc) is 1.84. The van der Waals surface area contributed by atoms with E-state index in [2.05, 4.69) is 0 Å². The second kappa shape index (κ2) is 3.37. The minimum absolute atomic E-state index is 0.243. The average molecular weight is 144 g/mol. The Balaban J connectivity index is 4.37. The van der Waals surface area contributed by atoms with Gasteiger partial charge in [0, 0.05) is 0 Å².